The second-order valence-corrected chi connectivity index (χ2v) is 8.28. The number of nitrogens with one attached hydrogen (secondary N) is 1. The van der Waals surface area contributed by atoms with Crippen molar-refractivity contribution in [2.75, 3.05) is 5.32 Å². The average molecular weight is 452 g/mol. The van der Waals surface area contributed by atoms with E-state index >= 15 is 0 Å². The van der Waals surface area contributed by atoms with Crippen molar-refractivity contribution in [1.82, 2.24) is 9.55 Å². The second-order valence-electron chi connectivity index (χ2n) is 6.60. The van der Waals surface area contributed by atoms with Gasteiger partial charge in [-0.1, -0.05) is 18.2 Å². The first-order chi connectivity index (χ1) is 15.0. The summed E-state index contributed by atoms with van der Waals surface area (Å²) in [6.45, 7) is 0.527. The van der Waals surface area contributed by atoms with Crippen LogP contribution in [0.15, 0.2) is 60.0 Å². The van der Waals surface area contributed by atoms with E-state index in [2.05, 4.69) is 16.4 Å². The highest BCUT2D eigenvalue weighted by Crippen LogP contribution is 2.25. The Morgan fingerprint density at radius 1 is 1.26 bits per heavy atom. The molecule has 10 heteroatoms. The number of aryl methyl sites for hydroxylation is 2. The minimum absolute atomic E-state index is 0.243. The van der Waals surface area contributed by atoms with Gasteiger partial charge in [-0.2, -0.15) is 5.26 Å². The number of anilines is 1. The Kier molecular flexibility index (Phi) is 6.14. The van der Waals surface area contributed by atoms with Gasteiger partial charge in [0.15, 0.2) is 0 Å². The van der Waals surface area contributed by atoms with E-state index in [4.69, 9.17) is 9.42 Å². The minimum atomic E-state index is -3.04. The maximum absolute atomic E-state index is 12.6. The fourth-order valence-electron chi connectivity index (χ4n) is 3.16. The molecule has 0 aliphatic heterocycles. The van der Waals surface area contributed by atoms with Crippen LogP contribution in [-0.2, 0) is 17.5 Å². The molecule has 1 amide bonds. The summed E-state index contributed by atoms with van der Waals surface area (Å²) < 4.78 is 17.5. The summed E-state index contributed by atoms with van der Waals surface area (Å²) in [6.07, 6.45) is 0.627. The van der Waals surface area contributed by atoms with Crippen LogP contribution >= 0.6 is 19.6 Å². The van der Waals surface area contributed by atoms with Gasteiger partial charge in [-0.25, -0.2) is 9.55 Å². The molecule has 31 heavy (non-hydrogen) atoms. The van der Waals surface area contributed by atoms with E-state index in [1.54, 1.807) is 30.3 Å². The molecule has 0 saturated heterocycles. The number of benzene rings is 2. The van der Waals surface area contributed by atoms with Gasteiger partial charge in [0.1, 0.15) is 5.75 Å². The smallest absolute Gasteiger partial charge is 0.365 e. The number of aromatic nitrogens is 2. The Labute approximate surface area is 182 Å². The predicted octanol–water partition coefficient (Wildman–Crippen LogP) is 4.23. The van der Waals surface area contributed by atoms with Crippen molar-refractivity contribution in [2.24, 2.45) is 0 Å². The van der Waals surface area contributed by atoms with Crippen LogP contribution in [0.2, 0.25) is 0 Å². The monoisotopic (exact) mass is 452 g/mol. The normalized spacial score (nSPS) is 11.7. The van der Waals surface area contributed by atoms with E-state index in [9.17, 15) is 14.6 Å². The SMILES string of the molecule is N#Cc1ccc2c(c1)nc(NC(=O)c1cccs1)n2CCc1ccc(O[PH](=O)O)cc1. The summed E-state index contributed by atoms with van der Waals surface area (Å²) in [5, 5.41) is 13.9. The molecule has 4 rings (SSSR count). The van der Waals surface area contributed by atoms with Crippen molar-refractivity contribution in [3.05, 3.63) is 76.0 Å². The van der Waals surface area contributed by atoms with Gasteiger partial charge < -0.3 is 14.0 Å². The predicted molar refractivity (Wildman–Crippen MR) is 119 cm³/mol. The summed E-state index contributed by atoms with van der Waals surface area (Å²) in [5.41, 5.74) is 2.90. The lowest BCUT2D eigenvalue weighted by Gasteiger charge is -2.10. The average Bonchev–Trinajstić information content (AvgIpc) is 3.40. The Morgan fingerprint density at radius 2 is 2.06 bits per heavy atom. The van der Waals surface area contributed by atoms with E-state index < -0.39 is 8.25 Å². The maximum Gasteiger partial charge on any atom is 0.365 e. The van der Waals surface area contributed by atoms with Crippen LogP contribution in [0.3, 0.4) is 0 Å². The van der Waals surface area contributed by atoms with Crippen molar-refractivity contribution in [1.29, 1.82) is 5.26 Å². The third-order valence-corrected chi connectivity index (χ3v) is 5.88. The Balaban J connectivity index is 1.60. The Morgan fingerprint density at radius 3 is 2.74 bits per heavy atom. The molecule has 0 saturated carbocycles. The molecule has 0 aliphatic carbocycles. The lowest BCUT2D eigenvalue weighted by atomic mass is 10.1. The molecule has 0 spiro atoms. The van der Waals surface area contributed by atoms with E-state index in [-0.39, 0.29) is 5.91 Å². The molecule has 8 nitrogen and oxygen atoms in total. The zero-order chi connectivity index (χ0) is 21.8. The van der Waals surface area contributed by atoms with Crippen LogP contribution in [0.1, 0.15) is 20.8 Å². The van der Waals surface area contributed by atoms with Gasteiger partial charge in [0.25, 0.3) is 5.91 Å². The van der Waals surface area contributed by atoms with Crippen LogP contribution in [0.25, 0.3) is 11.0 Å². The molecule has 1 unspecified atom stereocenters. The number of carbonyl (C=O) groups excluding carboxylic acids is 1. The number of imidazole rings is 1. The number of amides is 1. The van der Waals surface area contributed by atoms with Crippen LogP contribution in [-0.4, -0.2) is 20.4 Å². The van der Waals surface area contributed by atoms with Gasteiger partial charge in [-0.3, -0.25) is 10.1 Å². The number of hydrogen-bond donors (Lipinski definition) is 2. The lowest BCUT2D eigenvalue weighted by Crippen LogP contribution is -2.15. The molecule has 0 fully saturated rings. The lowest BCUT2D eigenvalue weighted by molar-refractivity contribution is 0.102. The molecule has 0 radical (unpaired) electrons. The quantitative estimate of drug-likeness (QED) is 0.406. The van der Waals surface area contributed by atoms with Crippen molar-refractivity contribution in [3.63, 3.8) is 0 Å². The summed E-state index contributed by atoms with van der Waals surface area (Å²) in [4.78, 5) is 26.6. The van der Waals surface area contributed by atoms with Crippen molar-refractivity contribution < 1.29 is 18.8 Å². The Hall–Kier alpha value is -3.44. The number of nitriles is 1. The van der Waals surface area contributed by atoms with Gasteiger partial charge in [-0.05, 0) is 53.8 Å². The third kappa shape index (κ3) is 4.84. The molecular formula is C21H17N4O4PS. The number of hydrogen-bond acceptors (Lipinski definition) is 6. The minimum Gasteiger partial charge on any atom is -0.426 e. The molecule has 2 aromatic carbocycles. The van der Waals surface area contributed by atoms with Crippen molar-refractivity contribution >= 4 is 42.5 Å². The van der Waals surface area contributed by atoms with Gasteiger partial charge in [0, 0.05) is 6.54 Å². The number of carbonyl (C=O) groups is 1. The molecular weight excluding hydrogens is 435 g/mol. The highest BCUT2D eigenvalue weighted by atomic mass is 32.1. The van der Waals surface area contributed by atoms with Crippen molar-refractivity contribution in [3.8, 4) is 11.8 Å². The van der Waals surface area contributed by atoms with E-state index in [1.807, 2.05) is 34.2 Å². The zero-order valence-corrected chi connectivity index (χ0v) is 17.9. The summed E-state index contributed by atoms with van der Waals surface area (Å²) >= 11 is 1.34. The van der Waals surface area contributed by atoms with Crippen LogP contribution < -0.4 is 9.84 Å². The largest absolute Gasteiger partial charge is 0.426 e. The highest BCUT2D eigenvalue weighted by molar-refractivity contribution is 7.32. The summed E-state index contributed by atoms with van der Waals surface area (Å²) in [6, 6.07) is 17.8. The van der Waals surface area contributed by atoms with E-state index in [0.717, 1.165) is 11.1 Å². The van der Waals surface area contributed by atoms with Crippen molar-refractivity contribution in [2.45, 2.75) is 13.0 Å². The zero-order valence-electron chi connectivity index (χ0n) is 16.1. The van der Waals surface area contributed by atoms with Gasteiger partial charge >= 0.3 is 8.25 Å². The first kappa shape index (κ1) is 20.8. The van der Waals surface area contributed by atoms with Crippen LogP contribution in [0.5, 0.6) is 5.75 Å². The maximum atomic E-state index is 12.6. The Bertz CT molecular complexity index is 1290. The van der Waals surface area contributed by atoms with E-state index in [0.29, 0.717) is 40.6 Å². The fraction of sp³-hybridized carbons (Fsp3) is 0.0952. The molecule has 2 N–H and O–H groups in total. The van der Waals surface area contributed by atoms with E-state index in [1.165, 1.54) is 11.3 Å². The molecule has 4 aromatic rings. The first-order valence-corrected chi connectivity index (χ1v) is 11.4. The molecule has 2 heterocycles. The summed E-state index contributed by atoms with van der Waals surface area (Å²) in [7, 11) is -3.04. The molecule has 0 bridgehead atoms. The van der Waals surface area contributed by atoms with Gasteiger partial charge in [-0.15, -0.1) is 11.3 Å². The van der Waals surface area contributed by atoms with Gasteiger partial charge in [0.05, 0.1) is 27.5 Å². The molecule has 0 aliphatic rings. The number of thiophene rings is 1. The second kappa shape index (κ2) is 9.14. The third-order valence-electron chi connectivity index (χ3n) is 4.60. The standard InChI is InChI=1S/C21H17N4O4PS/c22-13-15-5-8-18-17(12-15)23-21(24-20(26)19-2-1-11-31-19)25(18)10-9-14-3-6-16(7-4-14)29-30(27)28/h1-8,11-12,30H,9-10H2,(H,27,28)(H,23,24,26). The highest BCUT2D eigenvalue weighted by Gasteiger charge is 2.15. The van der Waals surface area contributed by atoms with Crippen LogP contribution in [0, 0.1) is 11.3 Å². The molecule has 2 aromatic heterocycles. The molecule has 1 atom stereocenters. The fourth-order valence-corrected chi connectivity index (χ4v) is 4.11. The topological polar surface area (TPSA) is 117 Å². The molecule has 156 valence electrons. The number of rotatable bonds is 7. The van der Waals surface area contributed by atoms with Gasteiger partial charge in [0.2, 0.25) is 5.95 Å². The number of fused-ring (bicyclic) bond motifs is 1. The number of nitrogens with zero attached hydrogens (tertiary/aromatic N) is 3. The first-order valence-electron chi connectivity index (χ1n) is 9.28. The summed E-state index contributed by atoms with van der Waals surface area (Å²) in [5.74, 6) is 0.492. The van der Waals surface area contributed by atoms with Crippen LogP contribution in [0.4, 0.5) is 5.95 Å².